The van der Waals surface area contributed by atoms with Crippen molar-refractivity contribution < 1.29 is 0 Å². The monoisotopic (exact) mass is 785 g/mol. The van der Waals surface area contributed by atoms with E-state index in [9.17, 15) is 0 Å². The third-order valence-corrected chi connectivity index (χ3v) is 12.3. The van der Waals surface area contributed by atoms with E-state index in [1.807, 2.05) is 36.4 Å². The summed E-state index contributed by atoms with van der Waals surface area (Å²) in [5, 5.41) is 2.28. The zero-order valence-corrected chi connectivity index (χ0v) is 34.2. The standard InChI is InChI=1S/C56H43N5/c1-56(2)47-31-16-18-33-50(47)60(44-29-19-28-42(38-20-7-3-8-21-38)34-43(35-44)39-22-9-4-10-23-39)52-36-46-45-30-15-17-32-49(45)61(51(46)37-48(52)56)55-58-53(40-24-11-5-12-25-40)57-54(59-55)41-26-13-6-14-27-41/h3-18,20-27,29-37H,19,28H2,1-2H3/b42-34-,43-35?,44-29?. The fourth-order valence-electron chi connectivity index (χ4n) is 9.28. The lowest BCUT2D eigenvalue weighted by atomic mass is 9.73. The minimum absolute atomic E-state index is 0.323. The van der Waals surface area contributed by atoms with Gasteiger partial charge in [0.15, 0.2) is 11.6 Å². The lowest BCUT2D eigenvalue weighted by molar-refractivity contribution is 0.631. The van der Waals surface area contributed by atoms with E-state index in [0.29, 0.717) is 17.6 Å². The highest BCUT2D eigenvalue weighted by atomic mass is 15.2. The van der Waals surface area contributed by atoms with Gasteiger partial charge in [0, 0.05) is 33.0 Å². The molecule has 1 aliphatic heterocycles. The highest BCUT2D eigenvalue weighted by Gasteiger charge is 2.38. The summed E-state index contributed by atoms with van der Waals surface area (Å²) in [6.45, 7) is 4.72. The van der Waals surface area contributed by atoms with Gasteiger partial charge in [0.1, 0.15) is 0 Å². The number of para-hydroxylation sites is 2. The molecule has 0 bridgehead atoms. The van der Waals surface area contributed by atoms with Gasteiger partial charge in [-0.2, -0.15) is 9.97 Å². The van der Waals surface area contributed by atoms with Crippen LogP contribution in [-0.2, 0) is 5.41 Å². The van der Waals surface area contributed by atoms with Crippen LogP contribution >= 0.6 is 0 Å². The number of hydrogen-bond acceptors (Lipinski definition) is 4. The number of fused-ring (bicyclic) bond motifs is 5. The Balaban J connectivity index is 1.16. The molecule has 5 nitrogen and oxygen atoms in total. The van der Waals surface area contributed by atoms with Crippen molar-refractivity contribution in [1.29, 1.82) is 0 Å². The van der Waals surface area contributed by atoms with Gasteiger partial charge in [0.2, 0.25) is 5.95 Å². The molecule has 0 atom stereocenters. The second-order valence-electron chi connectivity index (χ2n) is 16.4. The maximum absolute atomic E-state index is 5.24. The van der Waals surface area contributed by atoms with Crippen molar-refractivity contribution in [1.82, 2.24) is 19.5 Å². The minimum atomic E-state index is -0.323. The zero-order valence-electron chi connectivity index (χ0n) is 34.2. The van der Waals surface area contributed by atoms with Crippen LogP contribution in [-0.4, -0.2) is 19.5 Å². The summed E-state index contributed by atoms with van der Waals surface area (Å²) in [5.41, 5.74) is 14.7. The Bertz CT molecular complexity index is 3140. The van der Waals surface area contributed by atoms with Crippen LogP contribution in [0.3, 0.4) is 0 Å². The Hall–Kier alpha value is -7.63. The summed E-state index contributed by atoms with van der Waals surface area (Å²) in [5.74, 6) is 1.86. The molecule has 0 saturated heterocycles. The molecule has 2 aliphatic rings. The number of nitrogens with zero attached hydrogens (tertiary/aromatic N) is 5. The first-order valence-corrected chi connectivity index (χ1v) is 21.1. The van der Waals surface area contributed by atoms with Crippen LogP contribution in [0.4, 0.5) is 11.4 Å². The number of rotatable bonds is 6. The molecule has 0 amide bonds. The quantitative estimate of drug-likeness (QED) is 0.168. The Morgan fingerprint density at radius 2 is 1.05 bits per heavy atom. The van der Waals surface area contributed by atoms with E-state index in [1.54, 1.807) is 0 Å². The Morgan fingerprint density at radius 1 is 0.475 bits per heavy atom. The molecule has 1 aliphatic carbocycles. The van der Waals surface area contributed by atoms with Gasteiger partial charge in [-0.1, -0.05) is 184 Å². The zero-order chi connectivity index (χ0) is 40.9. The van der Waals surface area contributed by atoms with Crippen molar-refractivity contribution in [2.75, 3.05) is 4.90 Å². The van der Waals surface area contributed by atoms with E-state index >= 15 is 0 Å². The predicted molar refractivity (Wildman–Crippen MR) is 252 cm³/mol. The van der Waals surface area contributed by atoms with Gasteiger partial charge >= 0.3 is 0 Å². The summed E-state index contributed by atoms with van der Waals surface area (Å²) in [6.07, 6.45) is 9.06. The van der Waals surface area contributed by atoms with Crippen molar-refractivity contribution in [2.45, 2.75) is 32.1 Å². The number of benzene rings is 7. The van der Waals surface area contributed by atoms with E-state index in [0.717, 1.165) is 51.5 Å². The second-order valence-corrected chi connectivity index (χ2v) is 16.4. The maximum Gasteiger partial charge on any atom is 0.238 e. The molecule has 2 aromatic heterocycles. The number of anilines is 2. The van der Waals surface area contributed by atoms with Crippen molar-refractivity contribution in [3.63, 3.8) is 0 Å². The van der Waals surface area contributed by atoms with Gasteiger partial charge in [-0.05, 0) is 76.6 Å². The fraction of sp³-hybridized carbons (Fsp3) is 0.0893. The molecule has 9 aromatic rings. The van der Waals surface area contributed by atoms with Crippen molar-refractivity contribution in [2.24, 2.45) is 0 Å². The van der Waals surface area contributed by atoms with Crippen molar-refractivity contribution in [3.05, 3.63) is 228 Å². The van der Waals surface area contributed by atoms with Gasteiger partial charge in [0.05, 0.1) is 22.4 Å². The lowest BCUT2D eigenvalue weighted by Gasteiger charge is -2.42. The van der Waals surface area contributed by atoms with Gasteiger partial charge in [-0.25, -0.2) is 4.98 Å². The average molecular weight is 786 g/mol. The van der Waals surface area contributed by atoms with Crippen molar-refractivity contribution >= 4 is 44.3 Å². The third kappa shape index (κ3) is 6.37. The van der Waals surface area contributed by atoms with E-state index in [2.05, 4.69) is 187 Å². The maximum atomic E-state index is 5.24. The van der Waals surface area contributed by atoms with Gasteiger partial charge in [-0.15, -0.1) is 0 Å². The topological polar surface area (TPSA) is 46.8 Å². The summed E-state index contributed by atoms with van der Waals surface area (Å²) in [7, 11) is 0. The van der Waals surface area contributed by atoms with Crippen LogP contribution in [0.5, 0.6) is 0 Å². The molecule has 0 radical (unpaired) electrons. The minimum Gasteiger partial charge on any atom is -0.310 e. The molecule has 0 N–H and O–H groups in total. The van der Waals surface area contributed by atoms with Crippen molar-refractivity contribution in [3.8, 4) is 28.7 Å². The summed E-state index contributed by atoms with van der Waals surface area (Å²) in [6, 6.07) is 64.4. The van der Waals surface area contributed by atoms with Crippen LogP contribution < -0.4 is 4.90 Å². The summed E-state index contributed by atoms with van der Waals surface area (Å²) < 4.78 is 2.24. The molecule has 292 valence electrons. The predicted octanol–water partition coefficient (Wildman–Crippen LogP) is 13.9. The first kappa shape index (κ1) is 36.4. The van der Waals surface area contributed by atoms with E-state index in [-0.39, 0.29) is 5.41 Å². The van der Waals surface area contributed by atoms with E-state index in [1.165, 1.54) is 44.8 Å². The first-order valence-electron chi connectivity index (χ1n) is 21.1. The number of allylic oxidation sites excluding steroid dienone is 5. The Kier molecular flexibility index (Phi) is 8.89. The summed E-state index contributed by atoms with van der Waals surface area (Å²) >= 11 is 0. The van der Waals surface area contributed by atoms with Crippen LogP contribution in [0.15, 0.2) is 206 Å². The Labute approximate surface area is 356 Å². The van der Waals surface area contributed by atoms with E-state index in [4.69, 9.17) is 15.0 Å². The van der Waals surface area contributed by atoms with Crippen LogP contribution in [0.1, 0.15) is 48.9 Å². The van der Waals surface area contributed by atoms with Crippen LogP contribution in [0.25, 0.3) is 61.7 Å². The Morgan fingerprint density at radius 3 is 1.72 bits per heavy atom. The lowest BCUT2D eigenvalue weighted by Crippen LogP contribution is -2.32. The van der Waals surface area contributed by atoms with Gasteiger partial charge < -0.3 is 4.90 Å². The molecule has 7 aromatic carbocycles. The largest absolute Gasteiger partial charge is 0.310 e. The molecule has 0 saturated carbocycles. The highest BCUT2D eigenvalue weighted by Crippen LogP contribution is 2.53. The second kappa shape index (κ2) is 14.9. The molecule has 11 rings (SSSR count). The molecule has 0 unspecified atom stereocenters. The molecular weight excluding hydrogens is 743 g/mol. The number of aromatic nitrogens is 4. The third-order valence-electron chi connectivity index (χ3n) is 12.3. The SMILES string of the molecule is CC1(C)c2ccccc2N(C2=CCC/C(c3ccccc3)=C/C(c3ccccc3)=C2)c2cc3c4ccccc4n(-c4nc(-c5ccccc5)nc(-c5ccccc5)n4)c3cc21. The van der Waals surface area contributed by atoms with Crippen LogP contribution in [0, 0.1) is 0 Å². The van der Waals surface area contributed by atoms with Gasteiger partial charge in [0.25, 0.3) is 0 Å². The van der Waals surface area contributed by atoms with Crippen LogP contribution in [0.2, 0.25) is 0 Å². The molecule has 5 heteroatoms. The molecule has 61 heavy (non-hydrogen) atoms. The summed E-state index contributed by atoms with van der Waals surface area (Å²) in [4.78, 5) is 18.0. The van der Waals surface area contributed by atoms with E-state index < -0.39 is 0 Å². The van der Waals surface area contributed by atoms with Gasteiger partial charge in [-0.3, -0.25) is 4.57 Å². The fourth-order valence-corrected chi connectivity index (χ4v) is 9.28. The molecular formula is C56H43N5. The molecule has 0 spiro atoms. The average Bonchev–Trinajstić information content (AvgIpc) is 3.63. The first-order chi connectivity index (χ1) is 30.0. The molecule has 3 heterocycles. The normalized spacial score (nSPS) is 15.5. The molecule has 0 fully saturated rings. The highest BCUT2D eigenvalue weighted by molar-refractivity contribution is 6.11. The number of hydrogen-bond donors (Lipinski definition) is 0. The smallest absolute Gasteiger partial charge is 0.238 e.